The summed E-state index contributed by atoms with van der Waals surface area (Å²) in [6, 6.07) is 6.08. The van der Waals surface area contributed by atoms with Crippen LogP contribution in [0.4, 0.5) is 0 Å². The van der Waals surface area contributed by atoms with Gasteiger partial charge >= 0.3 is 0 Å². The summed E-state index contributed by atoms with van der Waals surface area (Å²) in [6.45, 7) is 4.30. The van der Waals surface area contributed by atoms with Crippen LogP contribution in [0.5, 0.6) is 0 Å². The summed E-state index contributed by atoms with van der Waals surface area (Å²) in [5, 5.41) is 4.03. The number of benzene rings is 1. The van der Waals surface area contributed by atoms with E-state index in [1.807, 2.05) is 19.1 Å². The van der Waals surface area contributed by atoms with Gasteiger partial charge in [0.25, 0.3) is 0 Å². The van der Waals surface area contributed by atoms with Gasteiger partial charge in [-0.15, -0.1) is 0 Å². The SMILES string of the molecule is Cc1ccc(CNCCN)c(Cl)c1. The average molecular weight is 199 g/mol. The van der Waals surface area contributed by atoms with E-state index in [0.717, 1.165) is 23.7 Å². The molecule has 3 heteroatoms. The van der Waals surface area contributed by atoms with Crippen molar-refractivity contribution >= 4 is 11.6 Å². The Kier molecular flexibility index (Phi) is 4.22. The van der Waals surface area contributed by atoms with Gasteiger partial charge in [0, 0.05) is 24.7 Å². The number of hydrogen-bond donors (Lipinski definition) is 2. The van der Waals surface area contributed by atoms with Gasteiger partial charge in [-0.25, -0.2) is 0 Å². The van der Waals surface area contributed by atoms with Crippen molar-refractivity contribution < 1.29 is 0 Å². The molecule has 0 aliphatic heterocycles. The Morgan fingerprint density at radius 3 is 2.85 bits per heavy atom. The fourth-order valence-corrected chi connectivity index (χ4v) is 1.42. The molecule has 3 N–H and O–H groups in total. The maximum Gasteiger partial charge on any atom is 0.0453 e. The Morgan fingerprint density at radius 2 is 2.23 bits per heavy atom. The highest BCUT2D eigenvalue weighted by molar-refractivity contribution is 6.31. The van der Waals surface area contributed by atoms with E-state index in [9.17, 15) is 0 Å². The molecule has 13 heavy (non-hydrogen) atoms. The minimum absolute atomic E-state index is 0.656. The molecule has 0 spiro atoms. The van der Waals surface area contributed by atoms with Gasteiger partial charge in [-0.1, -0.05) is 23.7 Å². The number of nitrogens with two attached hydrogens (primary N) is 1. The van der Waals surface area contributed by atoms with Crippen LogP contribution in [0, 0.1) is 6.92 Å². The lowest BCUT2D eigenvalue weighted by molar-refractivity contribution is 0.695. The second-order valence-electron chi connectivity index (χ2n) is 3.06. The van der Waals surface area contributed by atoms with E-state index in [1.54, 1.807) is 0 Å². The summed E-state index contributed by atoms with van der Waals surface area (Å²) < 4.78 is 0. The lowest BCUT2D eigenvalue weighted by atomic mass is 10.1. The molecular weight excluding hydrogens is 184 g/mol. The quantitative estimate of drug-likeness (QED) is 0.723. The van der Waals surface area contributed by atoms with Gasteiger partial charge in [-0.3, -0.25) is 0 Å². The molecule has 1 aromatic rings. The zero-order valence-corrected chi connectivity index (χ0v) is 8.56. The van der Waals surface area contributed by atoms with Gasteiger partial charge in [0.05, 0.1) is 0 Å². The standard InChI is InChI=1S/C10H15ClN2/c1-8-2-3-9(10(11)6-8)7-13-5-4-12/h2-3,6,13H,4-5,7,12H2,1H3. The van der Waals surface area contributed by atoms with E-state index in [-0.39, 0.29) is 0 Å². The van der Waals surface area contributed by atoms with Gasteiger partial charge in [0.15, 0.2) is 0 Å². The molecule has 0 aliphatic rings. The first-order chi connectivity index (χ1) is 6.24. The van der Waals surface area contributed by atoms with Gasteiger partial charge in [0.2, 0.25) is 0 Å². The molecule has 0 saturated carbocycles. The molecule has 0 fully saturated rings. The van der Waals surface area contributed by atoms with Crippen molar-refractivity contribution in [3.05, 3.63) is 34.3 Å². The minimum Gasteiger partial charge on any atom is -0.329 e. The van der Waals surface area contributed by atoms with Gasteiger partial charge in [0.1, 0.15) is 0 Å². The summed E-state index contributed by atoms with van der Waals surface area (Å²) in [7, 11) is 0. The molecule has 0 unspecified atom stereocenters. The molecular formula is C10H15ClN2. The average Bonchev–Trinajstić information content (AvgIpc) is 2.09. The van der Waals surface area contributed by atoms with Gasteiger partial charge < -0.3 is 11.1 Å². The van der Waals surface area contributed by atoms with Crippen LogP contribution in [0.1, 0.15) is 11.1 Å². The maximum absolute atomic E-state index is 6.04. The van der Waals surface area contributed by atoms with Crippen molar-refractivity contribution in [2.45, 2.75) is 13.5 Å². The zero-order valence-electron chi connectivity index (χ0n) is 7.81. The molecule has 0 amide bonds. The lowest BCUT2D eigenvalue weighted by Gasteiger charge is -2.05. The van der Waals surface area contributed by atoms with Gasteiger partial charge in [-0.2, -0.15) is 0 Å². The monoisotopic (exact) mass is 198 g/mol. The Bertz CT molecular complexity index is 274. The molecule has 1 aromatic carbocycles. The number of halogens is 1. The first-order valence-corrected chi connectivity index (χ1v) is 4.77. The first-order valence-electron chi connectivity index (χ1n) is 4.40. The lowest BCUT2D eigenvalue weighted by Crippen LogP contribution is -2.21. The van der Waals surface area contributed by atoms with E-state index >= 15 is 0 Å². The van der Waals surface area contributed by atoms with Crippen LogP contribution in [0.3, 0.4) is 0 Å². The second kappa shape index (κ2) is 5.22. The highest BCUT2D eigenvalue weighted by atomic mass is 35.5. The zero-order chi connectivity index (χ0) is 9.68. The molecule has 0 aliphatic carbocycles. The Labute approximate surface area is 84.1 Å². The van der Waals surface area contributed by atoms with E-state index in [4.69, 9.17) is 17.3 Å². The van der Waals surface area contributed by atoms with Crippen molar-refractivity contribution in [1.29, 1.82) is 0 Å². The third-order valence-electron chi connectivity index (χ3n) is 1.85. The number of aryl methyl sites for hydroxylation is 1. The Morgan fingerprint density at radius 1 is 1.46 bits per heavy atom. The second-order valence-corrected chi connectivity index (χ2v) is 3.47. The topological polar surface area (TPSA) is 38.0 Å². The summed E-state index contributed by atoms with van der Waals surface area (Å²) in [6.07, 6.45) is 0. The van der Waals surface area contributed by atoms with Crippen LogP contribution in [0.25, 0.3) is 0 Å². The third-order valence-corrected chi connectivity index (χ3v) is 2.20. The predicted molar refractivity (Wildman–Crippen MR) is 57.0 cm³/mol. The van der Waals surface area contributed by atoms with E-state index in [1.165, 1.54) is 5.56 Å². The highest BCUT2D eigenvalue weighted by Gasteiger charge is 1.98. The number of nitrogens with one attached hydrogen (secondary N) is 1. The predicted octanol–water partition coefficient (Wildman–Crippen LogP) is 1.70. The van der Waals surface area contributed by atoms with E-state index in [0.29, 0.717) is 6.54 Å². The molecule has 2 nitrogen and oxygen atoms in total. The molecule has 0 bridgehead atoms. The number of rotatable bonds is 4. The minimum atomic E-state index is 0.656. The Balaban J connectivity index is 2.56. The number of hydrogen-bond acceptors (Lipinski definition) is 2. The summed E-state index contributed by atoms with van der Waals surface area (Å²) in [5.74, 6) is 0. The van der Waals surface area contributed by atoms with Crippen LogP contribution >= 0.6 is 11.6 Å². The van der Waals surface area contributed by atoms with Crippen molar-refractivity contribution in [3.63, 3.8) is 0 Å². The highest BCUT2D eigenvalue weighted by Crippen LogP contribution is 2.16. The van der Waals surface area contributed by atoms with Gasteiger partial charge in [-0.05, 0) is 24.1 Å². The van der Waals surface area contributed by atoms with Crippen LogP contribution in [-0.2, 0) is 6.54 Å². The van der Waals surface area contributed by atoms with Crippen LogP contribution < -0.4 is 11.1 Å². The van der Waals surface area contributed by atoms with Crippen molar-refractivity contribution in [2.24, 2.45) is 5.73 Å². The fraction of sp³-hybridized carbons (Fsp3) is 0.400. The molecule has 0 saturated heterocycles. The molecule has 0 radical (unpaired) electrons. The smallest absolute Gasteiger partial charge is 0.0453 e. The molecule has 0 aromatic heterocycles. The van der Waals surface area contributed by atoms with E-state index < -0.39 is 0 Å². The van der Waals surface area contributed by atoms with Crippen molar-refractivity contribution in [3.8, 4) is 0 Å². The van der Waals surface area contributed by atoms with E-state index in [2.05, 4.69) is 11.4 Å². The largest absolute Gasteiger partial charge is 0.329 e. The van der Waals surface area contributed by atoms with Crippen molar-refractivity contribution in [2.75, 3.05) is 13.1 Å². The normalized spacial score (nSPS) is 10.4. The molecule has 1 rings (SSSR count). The molecule has 72 valence electrons. The maximum atomic E-state index is 6.04. The molecule has 0 atom stereocenters. The molecule has 0 heterocycles. The Hall–Kier alpha value is -0.570. The summed E-state index contributed by atoms with van der Waals surface area (Å²) in [5.41, 5.74) is 7.67. The van der Waals surface area contributed by atoms with Crippen LogP contribution in [-0.4, -0.2) is 13.1 Å². The van der Waals surface area contributed by atoms with Crippen LogP contribution in [0.15, 0.2) is 18.2 Å². The van der Waals surface area contributed by atoms with Crippen molar-refractivity contribution in [1.82, 2.24) is 5.32 Å². The fourth-order valence-electron chi connectivity index (χ4n) is 1.12. The van der Waals surface area contributed by atoms with Crippen LogP contribution in [0.2, 0.25) is 5.02 Å². The first kappa shape index (κ1) is 10.5. The summed E-state index contributed by atoms with van der Waals surface area (Å²) in [4.78, 5) is 0. The summed E-state index contributed by atoms with van der Waals surface area (Å²) >= 11 is 6.04. The third kappa shape index (κ3) is 3.35.